The van der Waals surface area contributed by atoms with E-state index in [1.165, 1.54) is 18.4 Å². The van der Waals surface area contributed by atoms with E-state index in [0.29, 0.717) is 10.4 Å². The summed E-state index contributed by atoms with van der Waals surface area (Å²) in [5.41, 5.74) is 7.27. The first-order chi connectivity index (χ1) is 8.19. The van der Waals surface area contributed by atoms with Crippen LogP contribution in [0.1, 0.15) is 18.4 Å². The molecular weight excluding hydrogens is 236 g/mol. The lowest BCUT2D eigenvalue weighted by molar-refractivity contribution is 0.414. The van der Waals surface area contributed by atoms with E-state index in [-0.39, 0.29) is 0 Å². The first-order valence-corrected chi connectivity index (χ1v) is 6.30. The van der Waals surface area contributed by atoms with Gasteiger partial charge in [-0.2, -0.15) is 0 Å². The van der Waals surface area contributed by atoms with Gasteiger partial charge in [-0.15, -0.1) is 0 Å². The molecule has 1 saturated carbocycles. The van der Waals surface area contributed by atoms with Gasteiger partial charge < -0.3 is 15.8 Å². The molecule has 0 unspecified atom stereocenters. The number of methoxy groups -OCH3 is 1. The average Bonchev–Trinajstić information content (AvgIpc) is 3.10. The quantitative estimate of drug-likeness (QED) is 0.818. The first kappa shape index (κ1) is 12.7. The second-order valence-electron chi connectivity index (χ2n) is 4.78. The molecule has 3 N–H and O–H groups in total. The Morgan fingerprint density at radius 2 is 2.24 bits per heavy atom. The molecule has 1 fully saturated rings. The molecule has 0 amide bonds. The second-order valence-corrected chi connectivity index (χ2v) is 5.18. The Bertz CT molecular complexity index is 391. The Hall–Kier alpha value is -0.770. The van der Waals surface area contributed by atoms with Gasteiger partial charge in [0.2, 0.25) is 0 Å². The molecule has 0 aromatic heterocycles. The van der Waals surface area contributed by atoms with Crippen LogP contribution in [0, 0.1) is 5.41 Å². The number of ether oxygens (including phenoxy) is 1. The summed E-state index contributed by atoms with van der Waals surface area (Å²) < 4.78 is 5.12. The van der Waals surface area contributed by atoms with E-state index >= 15 is 0 Å². The highest BCUT2D eigenvalue weighted by molar-refractivity contribution is 6.32. The van der Waals surface area contributed by atoms with Gasteiger partial charge in [0, 0.05) is 13.1 Å². The van der Waals surface area contributed by atoms with Crippen molar-refractivity contribution in [3.63, 3.8) is 0 Å². The number of benzene rings is 1. The van der Waals surface area contributed by atoms with Crippen LogP contribution < -0.4 is 15.8 Å². The van der Waals surface area contributed by atoms with Crippen LogP contribution in [0.15, 0.2) is 18.2 Å². The highest BCUT2D eigenvalue weighted by Gasteiger charge is 2.40. The minimum atomic E-state index is 0.371. The third kappa shape index (κ3) is 3.12. The van der Waals surface area contributed by atoms with E-state index in [9.17, 15) is 0 Å². The Kier molecular flexibility index (Phi) is 3.92. The van der Waals surface area contributed by atoms with Crippen molar-refractivity contribution >= 4 is 11.6 Å². The summed E-state index contributed by atoms with van der Waals surface area (Å²) in [6.45, 7) is 2.60. The molecule has 0 radical (unpaired) electrons. The Balaban J connectivity index is 1.85. The molecule has 94 valence electrons. The fraction of sp³-hybridized carbons (Fsp3) is 0.538. The smallest absolute Gasteiger partial charge is 0.137 e. The lowest BCUT2D eigenvalue weighted by Crippen LogP contribution is -2.29. The topological polar surface area (TPSA) is 47.3 Å². The van der Waals surface area contributed by atoms with Crippen molar-refractivity contribution in [1.29, 1.82) is 0 Å². The largest absolute Gasteiger partial charge is 0.495 e. The molecule has 4 heteroatoms. The summed E-state index contributed by atoms with van der Waals surface area (Å²) in [6, 6.07) is 5.87. The molecule has 0 atom stereocenters. The van der Waals surface area contributed by atoms with Crippen LogP contribution in [0.25, 0.3) is 0 Å². The summed E-state index contributed by atoms with van der Waals surface area (Å²) >= 11 is 6.07. The second kappa shape index (κ2) is 5.25. The summed E-state index contributed by atoms with van der Waals surface area (Å²) in [6.07, 6.45) is 2.50. The van der Waals surface area contributed by atoms with E-state index < -0.39 is 0 Å². The van der Waals surface area contributed by atoms with Crippen molar-refractivity contribution in [3.05, 3.63) is 28.8 Å². The normalized spacial score (nSPS) is 16.9. The maximum Gasteiger partial charge on any atom is 0.137 e. The highest BCUT2D eigenvalue weighted by Crippen LogP contribution is 2.43. The molecule has 1 aromatic rings. The molecule has 0 spiro atoms. The molecule has 1 aliphatic rings. The molecule has 0 saturated heterocycles. The van der Waals surface area contributed by atoms with Gasteiger partial charge in [-0.05, 0) is 42.5 Å². The Labute approximate surface area is 107 Å². The zero-order chi connectivity index (χ0) is 12.3. The van der Waals surface area contributed by atoms with Crippen LogP contribution in [0.4, 0.5) is 0 Å². The van der Waals surface area contributed by atoms with Crippen LogP contribution in [0.2, 0.25) is 5.02 Å². The molecule has 0 heterocycles. The van der Waals surface area contributed by atoms with Crippen LogP contribution >= 0.6 is 11.6 Å². The predicted octanol–water partition coefficient (Wildman–Crippen LogP) is 2.18. The highest BCUT2D eigenvalue weighted by atomic mass is 35.5. The van der Waals surface area contributed by atoms with E-state index in [2.05, 4.69) is 5.32 Å². The maximum atomic E-state index is 6.07. The summed E-state index contributed by atoms with van der Waals surface area (Å²) in [5, 5.41) is 4.10. The monoisotopic (exact) mass is 254 g/mol. The molecular formula is C13H19ClN2O. The van der Waals surface area contributed by atoms with Gasteiger partial charge in [0.15, 0.2) is 0 Å². The van der Waals surface area contributed by atoms with Gasteiger partial charge in [-0.1, -0.05) is 17.7 Å². The lowest BCUT2D eigenvalue weighted by Gasteiger charge is -2.13. The van der Waals surface area contributed by atoms with Crippen LogP contribution in [-0.2, 0) is 6.54 Å². The van der Waals surface area contributed by atoms with Crippen LogP contribution in [0.3, 0.4) is 0 Å². The zero-order valence-electron chi connectivity index (χ0n) is 10.1. The van der Waals surface area contributed by atoms with Crippen molar-refractivity contribution in [3.8, 4) is 5.75 Å². The third-order valence-electron chi connectivity index (χ3n) is 3.44. The van der Waals surface area contributed by atoms with Crippen LogP contribution in [-0.4, -0.2) is 20.2 Å². The van der Waals surface area contributed by atoms with Crippen molar-refractivity contribution < 1.29 is 4.74 Å². The third-order valence-corrected chi connectivity index (χ3v) is 3.73. The van der Waals surface area contributed by atoms with Crippen molar-refractivity contribution in [2.24, 2.45) is 11.1 Å². The number of nitrogens with two attached hydrogens (primary N) is 1. The number of hydrogen-bond donors (Lipinski definition) is 2. The van der Waals surface area contributed by atoms with E-state index in [1.54, 1.807) is 7.11 Å². The molecule has 3 nitrogen and oxygen atoms in total. The number of hydrogen-bond acceptors (Lipinski definition) is 3. The summed E-state index contributed by atoms with van der Waals surface area (Å²) in [4.78, 5) is 0. The van der Waals surface area contributed by atoms with Gasteiger partial charge in [-0.3, -0.25) is 0 Å². The van der Waals surface area contributed by atoms with E-state index in [1.807, 2.05) is 18.2 Å². The van der Waals surface area contributed by atoms with Gasteiger partial charge in [0.25, 0.3) is 0 Å². The Morgan fingerprint density at radius 1 is 1.47 bits per heavy atom. The minimum Gasteiger partial charge on any atom is -0.495 e. The van der Waals surface area contributed by atoms with Gasteiger partial charge in [-0.25, -0.2) is 0 Å². The minimum absolute atomic E-state index is 0.371. The number of nitrogens with one attached hydrogen (secondary N) is 1. The number of halogens is 1. The van der Waals surface area contributed by atoms with E-state index in [0.717, 1.165) is 25.4 Å². The molecule has 0 aliphatic heterocycles. The molecule has 17 heavy (non-hydrogen) atoms. The molecule has 1 aromatic carbocycles. The molecule has 2 rings (SSSR count). The molecule has 1 aliphatic carbocycles. The van der Waals surface area contributed by atoms with Crippen molar-refractivity contribution in [2.45, 2.75) is 19.4 Å². The molecule has 0 bridgehead atoms. The SMILES string of the molecule is COc1ccc(CNCC2(CN)CC2)cc1Cl. The van der Waals surface area contributed by atoms with Crippen molar-refractivity contribution in [1.82, 2.24) is 5.32 Å². The van der Waals surface area contributed by atoms with Crippen LogP contribution in [0.5, 0.6) is 5.75 Å². The predicted molar refractivity (Wildman–Crippen MR) is 70.4 cm³/mol. The van der Waals surface area contributed by atoms with Gasteiger partial charge in [0.05, 0.1) is 12.1 Å². The Morgan fingerprint density at radius 3 is 2.76 bits per heavy atom. The van der Waals surface area contributed by atoms with Gasteiger partial charge in [0.1, 0.15) is 5.75 Å². The fourth-order valence-corrected chi connectivity index (χ4v) is 2.20. The lowest BCUT2D eigenvalue weighted by atomic mass is 10.1. The number of rotatable bonds is 6. The van der Waals surface area contributed by atoms with Gasteiger partial charge >= 0.3 is 0 Å². The fourth-order valence-electron chi connectivity index (χ4n) is 1.92. The maximum absolute atomic E-state index is 6.07. The van der Waals surface area contributed by atoms with Crippen molar-refractivity contribution in [2.75, 3.05) is 20.2 Å². The zero-order valence-corrected chi connectivity index (χ0v) is 10.9. The summed E-state index contributed by atoms with van der Waals surface area (Å²) in [7, 11) is 1.62. The summed E-state index contributed by atoms with van der Waals surface area (Å²) in [5.74, 6) is 0.719. The van der Waals surface area contributed by atoms with E-state index in [4.69, 9.17) is 22.1 Å². The average molecular weight is 255 g/mol. The first-order valence-electron chi connectivity index (χ1n) is 5.92. The standard InChI is InChI=1S/C13H19ClN2O/c1-17-12-3-2-10(6-11(12)14)7-16-9-13(8-15)4-5-13/h2-3,6,16H,4-5,7-9,15H2,1H3.